The number of hydrogen-bond donors (Lipinski definition) is 0. The maximum absolute atomic E-state index is 12.6. The van der Waals surface area contributed by atoms with Crippen LogP contribution in [0.15, 0.2) is 24.3 Å². The Labute approximate surface area is 178 Å². The van der Waals surface area contributed by atoms with Crippen molar-refractivity contribution in [2.75, 3.05) is 13.7 Å². The summed E-state index contributed by atoms with van der Waals surface area (Å²) >= 11 is 0. The number of carbonyl (C=O) groups is 1. The summed E-state index contributed by atoms with van der Waals surface area (Å²) in [6, 6.07) is 8.69. The summed E-state index contributed by atoms with van der Waals surface area (Å²) in [5, 5.41) is 0. The standard InChI is InChI=1S/C26H41NO2/c1-21(19-22-11-5-3-6-12-22)17-18-23-13-9-10-16-25(23)29-20-26(28)27(2)24-14-7-4-8-15-24/h9-10,13,16,21-22,24H,3-8,11-12,14-15,17-20H2,1-2H3. The number of likely N-dealkylation sites (N-methyl/N-ethyl adjacent to an activating group) is 1. The molecule has 3 rings (SSSR count). The second-order valence-corrected chi connectivity index (χ2v) is 9.58. The summed E-state index contributed by atoms with van der Waals surface area (Å²) in [4.78, 5) is 14.5. The van der Waals surface area contributed by atoms with E-state index >= 15 is 0 Å². The lowest BCUT2D eigenvalue weighted by atomic mass is 9.82. The highest BCUT2D eigenvalue weighted by Gasteiger charge is 2.22. The quantitative estimate of drug-likeness (QED) is 0.481. The van der Waals surface area contributed by atoms with Crippen LogP contribution in [0.1, 0.15) is 89.5 Å². The summed E-state index contributed by atoms with van der Waals surface area (Å²) in [5.74, 6) is 2.70. The predicted molar refractivity (Wildman–Crippen MR) is 120 cm³/mol. The van der Waals surface area contributed by atoms with E-state index in [0.717, 1.165) is 36.8 Å². The van der Waals surface area contributed by atoms with Gasteiger partial charge in [-0.3, -0.25) is 4.79 Å². The van der Waals surface area contributed by atoms with Crippen LogP contribution in [0.3, 0.4) is 0 Å². The molecule has 0 aromatic heterocycles. The van der Waals surface area contributed by atoms with Crippen LogP contribution in [-0.4, -0.2) is 30.5 Å². The average molecular weight is 400 g/mol. The Kier molecular flexibility index (Phi) is 8.89. The molecule has 1 unspecified atom stereocenters. The maximum atomic E-state index is 12.6. The van der Waals surface area contributed by atoms with Gasteiger partial charge in [-0.15, -0.1) is 0 Å². The summed E-state index contributed by atoms with van der Waals surface area (Å²) in [6.07, 6.45) is 16.8. The molecule has 0 aliphatic heterocycles. The molecule has 0 saturated heterocycles. The van der Waals surface area contributed by atoms with Gasteiger partial charge in [0.05, 0.1) is 0 Å². The first-order chi connectivity index (χ1) is 14.1. The molecule has 3 nitrogen and oxygen atoms in total. The lowest BCUT2D eigenvalue weighted by Crippen LogP contribution is -2.40. The van der Waals surface area contributed by atoms with Crippen molar-refractivity contribution in [1.29, 1.82) is 0 Å². The van der Waals surface area contributed by atoms with Crippen molar-refractivity contribution in [2.24, 2.45) is 11.8 Å². The Bertz CT molecular complexity index is 617. The van der Waals surface area contributed by atoms with Crippen LogP contribution in [0.4, 0.5) is 0 Å². The van der Waals surface area contributed by atoms with Gasteiger partial charge in [0, 0.05) is 13.1 Å². The zero-order valence-electron chi connectivity index (χ0n) is 18.7. The Balaban J connectivity index is 1.46. The summed E-state index contributed by atoms with van der Waals surface area (Å²) in [7, 11) is 1.94. The van der Waals surface area contributed by atoms with E-state index in [4.69, 9.17) is 4.74 Å². The van der Waals surface area contributed by atoms with Gasteiger partial charge in [0.1, 0.15) is 5.75 Å². The lowest BCUT2D eigenvalue weighted by molar-refractivity contribution is -0.134. The molecule has 0 spiro atoms. The molecule has 0 N–H and O–H groups in total. The number of hydrogen-bond acceptors (Lipinski definition) is 2. The molecule has 1 amide bonds. The normalized spacial score (nSPS) is 19.7. The van der Waals surface area contributed by atoms with E-state index in [-0.39, 0.29) is 12.5 Å². The Morgan fingerprint density at radius 3 is 2.41 bits per heavy atom. The third-order valence-electron chi connectivity index (χ3n) is 7.21. The van der Waals surface area contributed by atoms with Crippen molar-refractivity contribution >= 4 is 5.91 Å². The minimum absolute atomic E-state index is 0.109. The predicted octanol–water partition coefficient (Wildman–Crippen LogP) is 6.40. The van der Waals surface area contributed by atoms with E-state index < -0.39 is 0 Å². The number of aryl methyl sites for hydroxylation is 1. The molecule has 2 aliphatic carbocycles. The topological polar surface area (TPSA) is 29.5 Å². The zero-order chi connectivity index (χ0) is 20.5. The molecular formula is C26H41NO2. The fraction of sp³-hybridized carbons (Fsp3) is 0.731. The highest BCUT2D eigenvalue weighted by molar-refractivity contribution is 5.77. The fourth-order valence-corrected chi connectivity index (χ4v) is 5.28. The average Bonchev–Trinajstić information content (AvgIpc) is 2.77. The Morgan fingerprint density at radius 2 is 1.69 bits per heavy atom. The highest BCUT2D eigenvalue weighted by Crippen LogP contribution is 2.31. The number of rotatable bonds is 9. The molecule has 1 aromatic carbocycles. The van der Waals surface area contributed by atoms with Crippen molar-refractivity contribution in [3.63, 3.8) is 0 Å². The molecular weight excluding hydrogens is 358 g/mol. The molecule has 29 heavy (non-hydrogen) atoms. The van der Waals surface area contributed by atoms with Crippen molar-refractivity contribution in [2.45, 2.75) is 96.4 Å². The van der Waals surface area contributed by atoms with Crippen LogP contribution in [0.25, 0.3) is 0 Å². The minimum atomic E-state index is 0.109. The fourth-order valence-electron chi connectivity index (χ4n) is 5.28. The van der Waals surface area contributed by atoms with E-state index in [1.807, 2.05) is 24.1 Å². The van der Waals surface area contributed by atoms with Gasteiger partial charge in [0.15, 0.2) is 6.61 Å². The number of carbonyl (C=O) groups excluding carboxylic acids is 1. The third-order valence-corrected chi connectivity index (χ3v) is 7.21. The second kappa shape index (κ2) is 11.6. The maximum Gasteiger partial charge on any atom is 0.260 e. The van der Waals surface area contributed by atoms with Crippen LogP contribution in [-0.2, 0) is 11.2 Å². The molecule has 3 heteroatoms. The van der Waals surface area contributed by atoms with Gasteiger partial charge < -0.3 is 9.64 Å². The molecule has 2 saturated carbocycles. The van der Waals surface area contributed by atoms with Crippen molar-refractivity contribution in [1.82, 2.24) is 4.90 Å². The molecule has 1 aromatic rings. The molecule has 0 bridgehead atoms. The van der Waals surface area contributed by atoms with Gasteiger partial charge in [-0.25, -0.2) is 0 Å². The van der Waals surface area contributed by atoms with Crippen LogP contribution in [0, 0.1) is 11.8 Å². The SMILES string of the molecule is CC(CCc1ccccc1OCC(=O)N(C)C1CCCCC1)CC1CCCCC1. The monoisotopic (exact) mass is 399 g/mol. The lowest BCUT2D eigenvalue weighted by Gasteiger charge is -2.31. The smallest absolute Gasteiger partial charge is 0.260 e. The number of nitrogens with zero attached hydrogens (tertiary/aromatic N) is 1. The van der Waals surface area contributed by atoms with Gasteiger partial charge in [-0.1, -0.05) is 76.5 Å². The minimum Gasteiger partial charge on any atom is -0.483 e. The van der Waals surface area contributed by atoms with Crippen molar-refractivity contribution in [3.8, 4) is 5.75 Å². The van der Waals surface area contributed by atoms with Crippen molar-refractivity contribution in [3.05, 3.63) is 29.8 Å². The Hall–Kier alpha value is -1.51. The largest absolute Gasteiger partial charge is 0.483 e. The van der Waals surface area contributed by atoms with E-state index in [9.17, 15) is 4.79 Å². The van der Waals surface area contributed by atoms with E-state index in [2.05, 4.69) is 19.1 Å². The third kappa shape index (κ3) is 7.04. The van der Waals surface area contributed by atoms with Gasteiger partial charge >= 0.3 is 0 Å². The number of ether oxygens (including phenoxy) is 1. The zero-order valence-corrected chi connectivity index (χ0v) is 18.7. The molecule has 1 atom stereocenters. The number of para-hydroxylation sites is 1. The molecule has 2 fully saturated rings. The first-order valence-electron chi connectivity index (χ1n) is 12.1. The van der Waals surface area contributed by atoms with E-state index in [0.29, 0.717) is 6.04 Å². The van der Waals surface area contributed by atoms with Crippen LogP contribution in [0.2, 0.25) is 0 Å². The first kappa shape index (κ1) is 22.2. The summed E-state index contributed by atoms with van der Waals surface area (Å²) < 4.78 is 6.00. The van der Waals surface area contributed by atoms with Gasteiger partial charge in [-0.05, 0) is 55.6 Å². The Morgan fingerprint density at radius 1 is 1.03 bits per heavy atom. The summed E-state index contributed by atoms with van der Waals surface area (Å²) in [5.41, 5.74) is 1.25. The first-order valence-corrected chi connectivity index (χ1v) is 12.1. The highest BCUT2D eigenvalue weighted by atomic mass is 16.5. The number of amides is 1. The van der Waals surface area contributed by atoms with E-state index in [1.54, 1.807) is 0 Å². The molecule has 0 radical (unpaired) electrons. The van der Waals surface area contributed by atoms with Crippen molar-refractivity contribution < 1.29 is 9.53 Å². The summed E-state index contributed by atoms with van der Waals surface area (Å²) in [6.45, 7) is 2.56. The number of benzene rings is 1. The molecule has 2 aliphatic rings. The molecule has 0 heterocycles. The van der Waals surface area contributed by atoms with Gasteiger partial charge in [-0.2, -0.15) is 0 Å². The van der Waals surface area contributed by atoms with Crippen LogP contribution >= 0.6 is 0 Å². The van der Waals surface area contributed by atoms with Gasteiger partial charge in [0.25, 0.3) is 5.91 Å². The van der Waals surface area contributed by atoms with Crippen LogP contribution in [0.5, 0.6) is 5.75 Å². The van der Waals surface area contributed by atoms with Gasteiger partial charge in [0.2, 0.25) is 0 Å². The van der Waals surface area contributed by atoms with Crippen LogP contribution < -0.4 is 4.74 Å². The second-order valence-electron chi connectivity index (χ2n) is 9.58. The van der Waals surface area contributed by atoms with E-state index in [1.165, 1.54) is 69.8 Å². The molecule has 162 valence electrons.